The lowest BCUT2D eigenvalue weighted by molar-refractivity contribution is -0.113. The van der Waals surface area contributed by atoms with E-state index in [0.717, 1.165) is 28.9 Å². The summed E-state index contributed by atoms with van der Waals surface area (Å²) in [4.78, 5) is 26.0. The van der Waals surface area contributed by atoms with Gasteiger partial charge in [0, 0.05) is 17.2 Å². The molecule has 0 bridgehead atoms. The van der Waals surface area contributed by atoms with Crippen LogP contribution >= 0.6 is 11.8 Å². The lowest BCUT2D eigenvalue weighted by atomic mass is 9.99. The van der Waals surface area contributed by atoms with Crippen LogP contribution in [0.3, 0.4) is 0 Å². The van der Waals surface area contributed by atoms with Crippen LogP contribution in [0.1, 0.15) is 38.2 Å². The van der Waals surface area contributed by atoms with Crippen LogP contribution in [0.5, 0.6) is 0 Å². The fourth-order valence-corrected chi connectivity index (χ4v) is 6.13. The van der Waals surface area contributed by atoms with Crippen molar-refractivity contribution in [3.05, 3.63) is 124 Å². The van der Waals surface area contributed by atoms with E-state index in [2.05, 4.69) is 56.4 Å². The lowest BCUT2D eigenvalue weighted by Gasteiger charge is -2.09. The van der Waals surface area contributed by atoms with Gasteiger partial charge in [0.15, 0.2) is 5.78 Å². The maximum absolute atomic E-state index is 13.0. The van der Waals surface area contributed by atoms with Crippen molar-refractivity contribution in [1.29, 1.82) is 0 Å². The van der Waals surface area contributed by atoms with Gasteiger partial charge in [0.1, 0.15) is 5.82 Å². The number of hydrogen-bond donors (Lipinski definition) is 1. The quantitative estimate of drug-likeness (QED) is 0.196. The summed E-state index contributed by atoms with van der Waals surface area (Å²) in [5, 5.41) is 7.90. The topological polar surface area (TPSA) is 64.0 Å². The molecule has 1 amide bonds. The van der Waals surface area contributed by atoms with Crippen LogP contribution in [-0.2, 0) is 11.2 Å². The van der Waals surface area contributed by atoms with Crippen LogP contribution in [0.15, 0.2) is 91.0 Å². The number of fused-ring (bicyclic) bond motifs is 3. The van der Waals surface area contributed by atoms with Gasteiger partial charge < -0.3 is 5.32 Å². The predicted octanol–water partition coefficient (Wildman–Crippen LogP) is 7.59. The highest BCUT2D eigenvalue weighted by Gasteiger charge is 2.20. The van der Waals surface area contributed by atoms with Gasteiger partial charge in [0.2, 0.25) is 5.91 Å². The zero-order valence-corrected chi connectivity index (χ0v) is 24.2. The van der Waals surface area contributed by atoms with Crippen molar-refractivity contribution in [3.8, 4) is 28.1 Å². The van der Waals surface area contributed by atoms with Crippen LogP contribution in [0.2, 0.25) is 0 Å². The number of Topliss-reactive ketones (excluding diaryl/α,β-unsaturated/α-hetero) is 1. The number of carbonyl (C=O) groups is 2. The Labute approximate surface area is 244 Å². The van der Waals surface area contributed by atoms with Crippen LogP contribution in [-0.4, -0.2) is 33.0 Å². The Morgan fingerprint density at radius 3 is 2.32 bits per heavy atom. The average Bonchev–Trinajstić information content (AvgIpc) is 3.56. The first-order chi connectivity index (χ1) is 19.9. The SMILES string of the molecule is Cc1cc(C)c(-c2cc(NC(=O)CSCC(=O)c3ccc4c(c3)Cc3ccccc3-4)n(-c3ccccc3)n2)cc1C. The van der Waals surface area contributed by atoms with Gasteiger partial charge in [-0.1, -0.05) is 60.7 Å². The van der Waals surface area contributed by atoms with E-state index < -0.39 is 0 Å². The molecular weight excluding hydrogens is 526 g/mol. The van der Waals surface area contributed by atoms with Gasteiger partial charge in [-0.2, -0.15) is 5.10 Å². The molecule has 1 aliphatic rings. The third kappa shape index (κ3) is 5.48. The first-order valence-electron chi connectivity index (χ1n) is 13.7. The van der Waals surface area contributed by atoms with Crippen LogP contribution in [0.25, 0.3) is 28.1 Å². The van der Waals surface area contributed by atoms with E-state index >= 15 is 0 Å². The van der Waals surface area contributed by atoms with Gasteiger partial charge in [0.05, 0.1) is 22.9 Å². The molecule has 5 nitrogen and oxygen atoms in total. The molecule has 4 aromatic carbocycles. The number of carbonyl (C=O) groups excluding carboxylic acids is 2. The van der Waals surface area contributed by atoms with Crippen molar-refractivity contribution in [1.82, 2.24) is 9.78 Å². The Hall–Kier alpha value is -4.42. The van der Waals surface area contributed by atoms with Crippen molar-refractivity contribution in [2.45, 2.75) is 27.2 Å². The molecular formula is C35H31N3O2S. The van der Waals surface area contributed by atoms with Crippen LogP contribution in [0, 0.1) is 20.8 Å². The molecule has 0 atom stereocenters. The summed E-state index contributed by atoms with van der Waals surface area (Å²) in [6.07, 6.45) is 0.848. The van der Waals surface area contributed by atoms with E-state index in [1.165, 1.54) is 45.1 Å². The van der Waals surface area contributed by atoms with E-state index in [4.69, 9.17) is 5.10 Å². The third-order valence-electron chi connectivity index (χ3n) is 7.68. The van der Waals surface area contributed by atoms with Gasteiger partial charge in [-0.25, -0.2) is 4.68 Å². The molecule has 5 aromatic rings. The number of rotatable bonds is 8. The van der Waals surface area contributed by atoms with E-state index in [0.29, 0.717) is 11.4 Å². The van der Waals surface area contributed by atoms with Gasteiger partial charge in [-0.15, -0.1) is 11.8 Å². The maximum atomic E-state index is 13.0. The number of aromatic nitrogens is 2. The normalized spacial score (nSPS) is 11.7. The minimum absolute atomic E-state index is 0.0309. The summed E-state index contributed by atoms with van der Waals surface area (Å²) in [6.45, 7) is 6.27. The molecule has 0 unspecified atom stereocenters. The zero-order chi connectivity index (χ0) is 28.5. The smallest absolute Gasteiger partial charge is 0.235 e. The summed E-state index contributed by atoms with van der Waals surface area (Å²) < 4.78 is 1.76. The number of nitrogens with one attached hydrogen (secondary N) is 1. The number of thioether (sulfide) groups is 1. The number of benzene rings is 4. The van der Waals surface area contributed by atoms with E-state index in [-0.39, 0.29) is 23.2 Å². The molecule has 0 saturated carbocycles. The monoisotopic (exact) mass is 557 g/mol. The van der Waals surface area contributed by atoms with E-state index in [9.17, 15) is 9.59 Å². The molecule has 0 spiro atoms. The van der Waals surface area contributed by atoms with E-state index in [1.807, 2.05) is 60.7 Å². The van der Waals surface area contributed by atoms with Crippen molar-refractivity contribution >= 4 is 29.3 Å². The van der Waals surface area contributed by atoms with E-state index in [1.54, 1.807) is 4.68 Å². The largest absolute Gasteiger partial charge is 0.310 e. The lowest BCUT2D eigenvalue weighted by Crippen LogP contribution is -2.18. The number of aryl methyl sites for hydroxylation is 3. The first kappa shape index (κ1) is 26.8. The van der Waals surface area contributed by atoms with Crippen LogP contribution in [0.4, 0.5) is 5.82 Å². The van der Waals surface area contributed by atoms with Gasteiger partial charge in [-0.3, -0.25) is 9.59 Å². The highest BCUT2D eigenvalue weighted by Crippen LogP contribution is 2.37. The Morgan fingerprint density at radius 1 is 0.756 bits per heavy atom. The fraction of sp³-hybridized carbons (Fsp3) is 0.171. The number of nitrogens with zero attached hydrogens (tertiary/aromatic N) is 2. The molecule has 1 aliphatic carbocycles. The zero-order valence-electron chi connectivity index (χ0n) is 23.4. The number of para-hydroxylation sites is 1. The molecule has 204 valence electrons. The average molecular weight is 558 g/mol. The Kier molecular flexibility index (Phi) is 7.33. The van der Waals surface area contributed by atoms with Gasteiger partial charge in [0.25, 0.3) is 0 Å². The van der Waals surface area contributed by atoms with Crippen molar-refractivity contribution in [2.75, 3.05) is 16.8 Å². The first-order valence-corrected chi connectivity index (χ1v) is 14.9. The molecule has 41 heavy (non-hydrogen) atoms. The second-order valence-corrected chi connectivity index (χ2v) is 11.6. The van der Waals surface area contributed by atoms with Crippen molar-refractivity contribution < 1.29 is 9.59 Å². The van der Waals surface area contributed by atoms with Gasteiger partial charge in [-0.05, 0) is 90.4 Å². The Balaban J connectivity index is 1.14. The number of ketones is 1. The molecule has 0 radical (unpaired) electrons. The summed E-state index contributed by atoms with van der Waals surface area (Å²) in [7, 11) is 0. The molecule has 0 aliphatic heterocycles. The summed E-state index contributed by atoms with van der Waals surface area (Å²) in [6, 6.07) is 30.3. The molecule has 0 fully saturated rings. The standard InChI is InChI=1S/C35H31N3O2S/c1-22-15-24(3)31(16-23(22)2)32-19-34(38(37-32)28-10-5-4-6-11-28)36-35(40)21-41-20-33(39)26-13-14-30-27(18-26)17-25-9-7-8-12-29(25)30/h4-16,18-19H,17,20-21H2,1-3H3,(H,36,40). The summed E-state index contributed by atoms with van der Waals surface area (Å²) >= 11 is 1.32. The number of amides is 1. The molecule has 1 heterocycles. The molecule has 6 rings (SSSR count). The molecule has 1 N–H and O–H groups in total. The predicted molar refractivity (Wildman–Crippen MR) is 168 cm³/mol. The highest BCUT2D eigenvalue weighted by molar-refractivity contribution is 8.00. The molecule has 6 heteroatoms. The molecule has 1 aromatic heterocycles. The summed E-state index contributed by atoms with van der Waals surface area (Å²) in [5.74, 6) is 0.861. The van der Waals surface area contributed by atoms with Crippen molar-refractivity contribution in [3.63, 3.8) is 0 Å². The second-order valence-electron chi connectivity index (χ2n) is 10.6. The highest BCUT2D eigenvalue weighted by atomic mass is 32.2. The Morgan fingerprint density at radius 2 is 1.49 bits per heavy atom. The Bertz CT molecular complexity index is 1790. The van der Waals surface area contributed by atoms with Gasteiger partial charge >= 0.3 is 0 Å². The number of anilines is 1. The maximum Gasteiger partial charge on any atom is 0.235 e. The minimum Gasteiger partial charge on any atom is -0.310 e. The minimum atomic E-state index is -0.173. The third-order valence-corrected chi connectivity index (χ3v) is 8.61. The van der Waals surface area contributed by atoms with Crippen molar-refractivity contribution in [2.24, 2.45) is 0 Å². The molecule has 0 saturated heterocycles. The second kappa shape index (κ2) is 11.2. The summed E-state index contributed by atoms with van der Waals surface area (Å²) in [5.41, 5.74) is 11.9. The number of hydrogen-bond acceptors (Lipinski definition) is 4. The van der Waals surface area contributed by atoms with Crippen LogP contribution < -0.4 is 5.32 Å². The fourth-order valence-electron chi connectivity index (χ4n) is 5.42.